The number of carbonyl (C=O) groups is 2. The Balaban J connectivity index is 2.28. The van der Waals surface area contributed by atoms with E-state index >= 15 is 0 Å². The van der Waals surface area contributed by atoms with Crippen LogP contribution in [-0.2, 0) is 9.59 Å². The molecule has 1 fully saturated rings. The number of nitrogens with one attached hydrogen (secondary N) is 1. The van der Waals surface area contributed by atoms with Crippen LogP contribution in [0.5, 0.6) is 0 Å². The summed E-state index contributed by atoms with van der Waals surface area (Å²) in [6, 6.07) is 0. The summed E-state index contributed by atoms with van der Waals surface area (Å²) in [6.45, 7) is 8.25. The zero-order chi connectivity index (χ0) is 14.5. The molecule has 1 aliphatic rings. The molecule has 1 amide bonds. The van der Waals surface area contributed by atoms with Gasteiger partial charge >= 0.3 is 5.97 Å². The lowest BCUT2D eigenvalue weighted by molar-refractivity contribution is -0.137. The fraction of sp³-hybridized carbons (Fsp3) is 0.857. The van der Waals surface area contributed by atoms with Crippen molar-refractivity contribution in [1.29, 1.82) is 0 Å². The van der Waals surface area contributed by atoms with E-state index in [0.29, 0.717) is 18.9 Å². The minimum absolute atomic E-state index is 0.0609. The summed E-state index contributed by atoms with van der Waals surface area (Å²) in [7, 11) is 0. The SMILES string of the molecule is CCC(C)(C)NC(=O)CN1CCC(CCC(=O)O)C1. The Kier molecular flexibility index (Phi) is 5.79. The van der Waals surface area contributed by atoms with Gasteiger partial charge in [0.2, 0.25) is 5.91 Å². The Morgan fingerprint density at radius 3 is 2.68 bits per heavy atom. The molecule has 110 valence electrons. The Morgan fingerprint density at radius 1 is 1.42 bits per heavy atom. The molecule has 1 unspecified atom stereocenters. The number of carboxylic acids is 1. The third-order valence-electron chi connectivity index (χ3n) is 3.87. The molecule has 19 heavy (non-hydrogen) atoms. The lowest BCUT2D eigenvalue weighted by Crippen LogP contribution is -2.47. The number of rotatable bonds is 7. The van der Waals surface area contributed by atoms with Gasteiger partial charge in [0, 0.05) is 18.5 Å². The van der Waals surface area contributed by atoms with Crippen LogP contribution in [-0.4, -0.2) is 47.1 Å². The van der Waals surface area contributed by atoms with Gasteiger partial charge in [0.25, 0.3) is 0 Å². The van der Waals surface area contributed by atoms with Crippen molar-refractivity contribution in [3.8, 4) is 0 Å². The monoisotopic (exact) mass is 270 g/mol. The summed E-state index contributed by atoms with van der Waals surface area (Å²) in [4.78, 5) is 24.5. The van der Waals surface area contributed by atoms with E-state index in [9.17, 15) is 9.59 Å². The second-order valence-electron chi connectivity index (χ2n) is 6.11. The van der Waals surface area contributed by atoms with Crippen molar-refractivity contribution in [2.75, 3.05) is 19.6 Å². The van der Waals surface area contributed by atoms with Gasteiger partial charge in [-0.3, -0.25) is 14.5 Å². The first-order valence-corrected chi connectivity index (χ1v) is 7.07. The van der Waals surface area contributed by atoms with Crippen molar-refractivity contribution >= 4 is 11.9 Å². The molecule has 0 aliphatic carbocycles. The number of nitrogens with zero attached hydrogens (tertiary/aromatic N) is 1. The van der Waals surface area contributed by atoms with Crippen LogP contribution in [0.3, 0.4) is 0 Å². The van der Waals surface area contributed by atoms with E-state index in [4.69, 9.17) is 5.11 Å². The number of hydrogen-bond donors (Lipinski definition) is 2. The van der Waals surface area contributed by atoms with Crippen LogP contribution >= 0.6 is 0 Å². The molecule has 5 nitrogen and oxygen atoms in total. The van der Waals surface area contributed by atoms with Crippen molar-refractivity contribution in [3.05, 3.63) is 0 Å². The van der Waals surface area contributed by atoms with E-state index in [1.54, 1.807) is 0 Å². The average Bonchev–Trinajstić information content (AvgIpc) is 2.73. The van der Waals surface area contributed by atoms with Gasteiger partial charge in [0.15, 0.2) is 0 Å². The molecule has 1 atom stereocenters. The van der Waals surface area contributed by atoms with Gasteiger partial charge < -0.3 is 10.4 Å². The highest BCUT2D eigenvalue weighted by atomic mass is 16.4. The molecule has 2 N–H and O–H groups in total. The summed E-state index contributed by atoms with van der Waals surface area (Å²) >= 11 is 0. The van der Waals surface area contributed by atoms with Gasteiger partial charge in [-0.15, -0.1) is 0 Å². The molecular formula is C14H26N2O3. The smallest absolute Gasteiger partial charge is 0.303 e. The molecule has 5 heteroatoms. The zero-order valence-corrected chi connectivity index (χ0v) is 12.2. The number of carboxylic acid groups (broad SMARTS) is 1. The minimum atomic E-state index is -0.735. The second-order valence-corrected chi connectivity index (χ2v) is 6.11. The summed E-state index contributed by atoms with van der Waals surface area (Å²) in [5, 5.41) is 11.7. The van der Waals surface area contributed by atoms with Crippen LogP contribution in [0.4, 0.5) is 0 Å². The van der Waals surface area contributed by atoms with Gasteiger partial charge in [-0.05, 0) is 45.6 Å². The lowest BCUT2D eigenvalue weighted by atomic mass is 10.0. The Hall–Kier alpha value is -1.10. The molecule has 0 aromatic rings. The van der Waals surface area contributed by atoms with Crippen molar-refractivity contribution in [1.82, 2.24) is 10.2 Å². The van der Waals surface area contributed by atoms with Gasteiger partial charge in [-0.2, -0.15) is 0 Å². The second kappa shape index (κ2) is 6.89. The molecule has 1 rings (SSSR count). The van der Waals surface area contributed by atoms with Crippen molar-refractivity contribution in [2.24, 2.45) is 5.92 Å². The Bertz CT molecular complexity index is 329. The van der Waals surface area contributed by atoms with Crippen LogP contribution in [0.15, 0.2) is 0 Å². The van der Waals surface area contributed by atoms with Gasteiger partial charge in [0.05, 0.1) is 6.54 Å². The van der Waals surface area contributed by atoms with Crippen LogP contribution in [0.1, 0.15) is 46.5 Å². The number of carbonyl (C=O) groups excluding carboxylic acids is 1. The van der Waals surface area contributed by atoms with E-state index in [1.807, 2.05) is 13.8 Å². The molecular weight excluding hydrogens is 244 g/mol. The largest absolute Gasteiger partial charge is 0.481 e. The van der Waals surface area contributed by atoms with Crippen molar-refractivity contribution in [2.45, 2.75) is 52.0 Å². The van der Waals surface area contributed by atoms with Gasteiger partial charge in [-0.1, -0.05) is 6.92 Å². The highest BCUT2D eigenvalue weighted by molar-refractivity contribution is 5.78. The van der Waals surface area contributed by atoms with Crippen molar-refractivity contribution in [3.63, 3.8) is 0 Å². The van der Waals surface area contributed by atoms with E-state index in [0.717, 1.165) is 25.9 Å². The predicted octanol–water partition coefficient (Wildman–Crippen LogP) is 1.48. The number of hydrogen-bond acceptors (Lipinski definition) is 3. The highest BCUT2D eigenvalue weighted by Gasteiger charge is 2.26. The molecule has 1 aliphatic heterocycles. The molecule has 1 saturated heterocycles. The number of aliphatic carboxylic acids is 1. The molecule has 0 spiro atoms. The highest BCUT2D eigenvalue weighted by Crippen LogP contribution is 2.20. The zero-order valence-electron chi connectivity index (χ0n) is 12.2. The molecule has 0 bridgehead atoms. The van der Waals surface area contributed by atoms with E-state index < -0.39 is 5.97 Å². The standard InChI is InChI=1S/C14H26N2O3/c1-4-14(2,3)15-12(17)10-16-8-7-11(9-16)5-6-13(18)19/h11H,4-10H2,1-3H3,(H,15,17)(H,18,19). The normalized spacial score (nSPS) is 20.5. The fourth-order valence-electron chi connectivity index (χ4n) is 2.33. The molecule has 0 radical (unpaired) electrons. The minimum Gasteiger partial charge on any atom is -0.481 e. The molecule has 0 aromatic carbocycles. The first-order chi connectivity index (χ1) is 8.82. The summed E-state index contributed by atoms with van der Waals surface area (Å²) in [5.41, 5.74) is -0.153. The fourth-order valence-corrected chi connectivity index (χ4v) is 2.33. The van der Waals surface area contributed by atoms with E-state index in [2.05, 4.69) is 17.1 Å². The van der Waals surface area contributed by atoms with E-state index in [-0.39, 0.29) is 17.9 Å². The third-order valence-corrected chi connectivity index (χ3v) is 3.87. The van der Waals surface area contributed by atoms with Crippen LogP contribution in [0.25, 0.3) is 0 Å². The van der Waals surface area contributed by atoms with Crippen LogP contribution < -0.4 is 5.32 Å². The maximum Gasteiger partial charge on any atom is 0.303 e. The molecule has 0 saturated carbocycles. The summed E-state index contributed by atoms with van der Waals surface area (Å²) < 4.78 is 0. The molecule has 0 aromatic heterocycles. The maximum atomic E-state index is 11.9. The number of likely N-dealkylation sites (tertiary alicyclic amines) is 1. The number of amides is 1. The average molecular weight is 270 g/mol. The van der Waals surface area contributed by atoms with Crippen molar-refractivity contribution < 1.29 is 14.7 Å². The third kappa shape index (κ3) is 6.05. The summed E-state index contributed by atoms with van der Waals surface area (Å²) in [6.07, 6.45) is 2.85. The predicted molar refractivity (Wildman–Crippen MR) is 73.9 cm³/mol. The summed E-state index contributed by atoms with van der Waals surface area (Å²) in [5.74, 6) is -0.255. The first kappa shape index (κ1) is 16.0. The first-order valence-electron chi connectivity index (χ1n) is 7.07. The topological polar surface area (TPSA) is 69.6 Å². The maximum absolute atomic E-state index is 11.9. The van der Waals surface area contributed by atoms with Crippen LogP contribution in [0, 0.1) is 5.92 Å². The Morgan fingerprint density at radius 2 is 2.11 bits per heavy atom. The van der Waals surface area contributed by atoms with Crippen LogP contribution in [0.2, 0.25) is 0 Å². The van der Waals surface area contributed by atoms with Gasteiger partial charge in [0.1, 0.15) is 0 Å². The quantitative estimate of drug-likeness (QED) is 0.735. The van der Waals surface area contributed by atoms with Gasteiger partial charge in [-0.25, -0.2) is 0 Å². The van der Waals surface area contributed by atoms with E-state index in [1.165, 1.54) is 0 Å². The Labute approximate surface area is 115 Å². The molecule has 1 heterocycles. The lowest BCUT2D eigenvalue weighted by Gasteiger charge is -2.26.